The van der Waals surface area contributed by atoms with Gasteiger partial charge in [0.2, 0.25) is 0 Å². The second-order valence-electron chi connectivity index (χ2n) is 5.12. The van der Waals surface area contributed by atoms with Crippen molar-refractivity contribution < 1.29 is 0 Å². The van der Waals surface area contributed by atoms with Gasteiger partial charge in [-0.2, -0.15) is 0 Å². The molecule has 0 aliphatic heterocycles. The number of nitrogens with zero attached hydrogens (tertiary/aromatic N) is 2. The summed E-state index contributed by atoms with van der Waals surface area (Å²) in [6, 6.07) is 2.63. The van der Waals surface area contributed by atoms with E-state index in [0.29, 0.717) is 11.3 Å². The average Bonchev–Trinajstić information content (AvgIpc) is 2.52. The third kappa shape index (κ3) is 3.69. The van der Waals surface area contributed by atoms with Crippen molar-refractivity contribution in [1.82, 2.24) is 15.3 Å². The topological polar surface area (TPSA) is 37.8 Å². The van der Waals surface area contributed by atoms with Crippen molar-refractivity contribution in [1.29, 1.82) is 0 Å². The Bertz CT molecular complexity index is 374. The van der Waals surface area contributed by atoms with Crippen LogP contribution in [0.15, 0.2) is 11.2 Å². The van der Waals surface area contributed by atoms with Crippen LogP contribution in [0.1, 0.15) is 43.5 Å². The molecule has 0 saturated heterocycles. The molecule has 0 spiro atoms. The zero-order valence-electron chi connectivity index (χ0n) is 11.6. The molecule has 2 unspecified atom stereocenters. The lowest BCUT2D eigenvalue weighted by molar-refractivity contribution is 0.509. The number of nitrogens with one attached hydrogen (secondary N) is 1. The third-order valence-corrected chi connectivity index (χ3v) is 4.80. The summed E-state index contributed by atoms with van der Waals surface area (Å²) in [4.78, 5) is 9.10. The van der Waals surface area contributed by atoms with Crippen LogP contribution >= 0.6 is 11.8 Å². The van der Waals surface area contributed by atoms with Crippen LogP contribution in [0.2, 0.25) is 0 Å². The monoisotopic (exact) mass is 265 g/mol. The van der Waals surface area contributed by atoms with Crippen molar-refractivity contribution in [3.63, 3.8) is 0 Å². The summed E-state index contributed by atoms with van der Waals surface area (Å²) in [5, 5.41) is 5.02. The Morgan fingerprint density at radius 1 is 1.11 bits per heavy atom. The minimum atomic E-state index is 0.599. The summed E-state index contributed by atoms with van der Waals surface area (Å²) in [6.45, 7) is 4.09. The molecule has 2 atom stereocenters. The standard InChI is InChI=1S/C14H23N3S/c1-10-9-11(2)17-14(16-10)18-13-8-6-4-5-7-12(13)15-3/h9,12-13,15H,4-8H2,1-3H3. The normalized spacial score (nSPS) is 24.8. The Hall–Kier alpha value is -0.610. The molecule has 4 heteroatoms. The Kier molecular flexibility index (Phi) is 5.01. The fourth-order valence-electron chi connectivity index (χ4n) is 2.63. The first-order valence-corrected chi connectivity index (χ1v) is 7.73. The van der Waals surface area contributed by atoms with E-state index < -0.39 is 0 Å². The highest BCUT2D eigenvalue weighted by Gasteiger charge is 2.24. The molecule has 18 heavy (non-hydrogen) atoms. The predicted molar refractivity (Wildman–Crippen MR) is 77.1 cm³/mol. The van der Waals surface area contributed by atoms with E-state index in [1.165, 1.54) is 32.1 Å². The molecule has 1 fully saturated rings. The smallest absolute Gasteiger partial charge is 0.188 e. The number of thioether (sulfide) groups is 1. The number of aromatic nitrogens is 2. The first-order chi connectivity index (χ1) is 8.69. The zero-order valence-corrected chi connectivity index (χ0v) is 12.4. The van der Waals surface area contributed by atoms with Crippen LogP contribution in [-0.2, 0) is 0 Å². The summed E-state index contributed by atoms with van der Waals surface area (Å²) in [5.41, 5.74) is 2.14. The summed E-state index contributed by atoms with van der Waals surface area (Å²) in [6.07, 6.45) is 6.59. The van der Waals surface area contributed by atoms with Gasteiger partial charge in [0.25, 0.3) is 0 Å². The lowest BCUT2D eigenvalue weighted by Crippen LogP contribution is -2.34. The zero-order chi connectivity index (χ0) is 13.0. The minimum absolute atomic E-state index is 0.599. The maximum atomic E-state index is 4.55. The van der Waals surface area contributed by atoms with Crippen LogP contribution in [0.5, 0.6) is 0 Å². The van der Waals surface area contributed by atoms with Gasteiger partial charge in [0.1, 0.15) is 0 Å². The largest absolute Gasteiger partial charge is 0.316 e. The lowest BCUT2D eigenvalue weighted by Gasteiger charge is -2.23. The molecule has 1 saturated carbocycles. The molecule has 100 valence electrons. The number of hydrogen-bond donors (Lipinski definition) is 1. The van der Waals surface area contributed by atoms with Crippen LogP contribution in [0.3, 0.4) is 0 Å². The van der Waals surface area contributed by atoms with Crippen molar-refractivity contribution in [2.45, 2.75) is 62.4 Å². The Morgan fingerprint density at radius 2 is 1.78 bits per heavy atom. The van der Waals surface area contributed by atoms with Crippen LogP contribution in [0, 0.1) is 13.8 Å². The highest BCUT2D eigenvalue weighted by molar-refractivity contribution is 7.99. The molecule has 3 nitrogen and oxygen atoms in total. The minimum Gasteiger partial charge on any atom is -0.316 e. The molecule has 0 bridgehead atoms. The second kappa shape index (κ2) is 6.53. The van der Waals surface area contributed by atoms with Crippen LogP contribution < -0.4 is 5.32 Å². The molecular formula is C14H23N3S. The summed E-state index contributed by atoms with van der Waals surface area (Å²) >= 11 is 1.85. The van der Waals surface area contributed by atoms with Gasteiger partial charge in [-0.05, 0) is 39.8 Å². The summed E-state index contributed by atoms with van der Waals surface area (Å²) < 4.78 is 0. The molecule has 1 aromatic heterocycles. The lowest BCUT2D eigenvalue weighted by atomic mass is 10.1. The first kappa shape index (κ1) is 13.8. The van der Waals surface area contributed by atoms with E-state index in [2.05, 4.69) is 22.3 Å². The first-order valence-electron chi connectivity index (χ1n) is 6.85. The fraction of sp³-hybridized carbons (Fsp3) is 0.714. The maximum absolute atomic E-state index is 4.55. The van der Waals surface area contributed by atoms with E-state index in [1.807, 2.05) is 31.7 Å². The SMILES string of the molecule is CNC1CCCCCC1Sc1nc(C)cc(C)n1. The van der Waals surface area contributed by atoms with Crippen molar-refractivity contribution in [2.24, 2.45) is 0 Å². The quantitative estimate of drug-likeness (QED) is 0.673. The Morgan fingerprint density at radius 3 is 2.44 bits per heavy atom. The molecule has 1 N–H and O–H groups in total. The molecule has 1 aliphatic carbocycles. The predicted octanol–water partition coefficient (Wildman–Crippen LogP) is 3.11. The van der Waals surface area contributed by atoms with E-state index in [0.717, 1.165) is 16.5 Å². The number of hydrogen-bond acceptors (Lipinski definition) is 4. The van der Waals surface area contributed by atoms with Crippen molar-refractivity contribution in [2.75, 3.05) is 7.05 Å². The molecular weight excluding hydrogens is 242 g/mol. The number of rotatable bonds is 3. The highest BCUT2D eigenvalue weighted by Crippen LogP contribution is 2.31. The van der Waals surface area contributed by atoms with Crippen molar-refractivity contribution in [3.8, 4) is 0 Å². The van der Waals surface area contributed by atoms with Crippen LogP contribution in [-0.4, -0.2) is 28.3 Å². The van der Waals surface area contributed by atoms with Crippen molar-refractivity contribution in [3.05, 3.63) is 17.5 Å². The van der Waals surface area contributed by atoms with Gasteiger partial charge in [-0.1, -0.05) is 31.0 Å². The van der Waals surface area contributed by atoms with Crippen LogP contribution in [0.25, 0.3) is 0 Å². The molecule has 0 amide bonds. The van der Waals surface area contributed by atoms with Crippen LogP contribution in [0.4, 0.5) is 0 Å². The van der Waals surface area contributed by atoms with E-state index in [9.17, 15) is 0 Å². The maximum Gasteiger partial charge on any atom is 0.188 e. The van der Waals surface area contributed by atoms with Gasteiger partial charge in [-0.25, -0.2) is 9.97 Å². The van der Waals surface area contributed by atoms with Gasteiger partial charge in [0, 0.05) is 22.7 Å². The van der Waals surface area contributed by atoms with E-state index in [4.69, 9.17) is 0 Å². The van der Waals surface area contributed by atoms with Crippen molar-refractivity contribution >= 4 is 11.8 Å². The van der Waals surface area contributed by atoms with Gasteiger partial charge >= 0.3 is 0 Å². The molecule has 1 aromatic rings. The summed E-state index contributed by atoms with van der Waals surface area (Å²) in [7, 11) is 2.08. The molecule has 0 radical (unpaired) electrons. The van der Waals surface area contributed by atoms with Gasteiger partial charge in [-0.15, -0.1) is 0 Å². The Balaban J connectivity index is 2.09. The fourth-order valence-corrected chi connectivity index (χ4v) is 4.01. The molecule has 2 rings (SSSR count). The van der Waals surface area contributed by atoms with E-state index in [1.54, 1.807) is 0 Å². The van der Waals surface area contributed by atoms with E-state index >= 15 is 0 Å². The Labute approximate surface area is 114 Å². The van der Waals surface area contributed by atoms with Gasteiger partial charge in [0.15, 0.2) is 5.16 Å². The third-order valence-electron chi connectivity index (χ3n) is 3.54. The van der Waals surface area contributed by atoms with Gasteiger partial charge in [-0.3, -0.25) is 0 Å². The van der Waals surface area contributed by atoms with Gasteiger partial charge in [0.05, 0.1) is 0 Å². The highest BCUT2D eigenvalue weighted by atomic mass is 32.2. The molecule has 0 aromatic carbocycles. The molecule has 1 aliphatic rings. The number of aryl methyl sites for hydroxylation is 2. The summed E-state index contributed by atoms with van der Waals surface area (Å²) in [5.74, 6) is 0. The van der Waals surface area contributed by atoms with E-state index in [-0.39, 0.29) is 0 Å². The van der Waals surface area contributed by atoms with Gasteiger partial charge < -0.3 is 5.32 Å². The average molecular weight is 265 g/mol. The molecule has 1 heterocycles. The second-order valence-corrected chi connectivity index (χ2v) is 6.33.